The largest absolute Gasteiger partial charge is 0.463 e. The van der Waals surface area contributed by atoms with Crippen molar-refractivity contribution in [1.82, 2.24) is 10.6 Å². The Kier molecular flexibility index (Phi) is 16.2. The van der Waals surface area contributed by atoms with Gasteiger partial charge in [-0.05, 0) is 74.9 Å². The molecule has 0 aromatic heterocycles. The molecule has 0 aliphatic rings. The van der Waals surface area contributed by atoms with Crippen molar-refractivity contribution in [3.63, 3.8) is 0 Å². The minimum absolute atomic E-state index is 0.132. The predicted octanol–water partition coefficient (Wildman–Crippen LogP) is 6.08. The van der Waals surface area contributed by atoms with Gasteiger partial charge in [-0.25, -0.2) is 9.59 Å². The maximum atomic E-state index is 12.2. The van der Waals surface area contributed by atoms with Crippen LogP contribution in [0.2, 0.25) is 0 Å². The van der Waals surface area contributed by atoms with Crippen LogP contribution < -0.4 is 10.6 Å². The standard InChI is InChI=1S/2C17H23NO3/c2*1-5-21-17(20)13(4)10-14-8-6-7-9-15(14)16(19)18-11-12(2)3/h2*6-10,12H,5,11H2,1-4H3,(H,18,19). The topological polar surface area (TPSA) is 111 Å². The number of hydrogen-bond acceptors (Lipinski definition) is 6. The average molecular weight is 579 g/mol. The third kappa shape index (κ3) is 13.0. The number of esters is 2. The minimum Gasteiger partial charge on any atom is -0.463 e. The Hall–Kier alpha value is -4.20. The van der Waals surface area contributed by atoms with Crippen molar-refractivity contribution in [2.24, 2.45) is 11.8 Å². The number of ether oxygens (including phenoxy) is 2. The van der Waals surface area contributed by atoms with Crippen LogP contribution in [0.15, 0.2) is 59.7 Å². The van der Waals surface area contributed by atoms with Crippen LogP contribution in [0.3, 0.4) is 0 Å². The van der Waals surface area contributed by atoms with E-state index in [1.54, 1.807) is 64.1 Å². The Balaban J connectivity index is 0.000000420. The molecule has 2 rings (SSSR count). The molecule has 0 radical (unpaired) electrons. The van der Waals surface area contributed by atoms with Gasteiger partial charge in [-0.15, -0.1) is 0 Å². The molecule has 0 saturated carbocycles. The summed E-state index contributed by atoms with van der Waals surface area (Å²) in [6.07, 6.45) is 3.37. The summed E-state index contributed by atoms with van der Waals surface area (Å²) in [5.74, 6) is -0.222. The van der Waals surface area contributed by atoms with E-state index in [9.17, 15) is 19.2 Å². The second-order valence-electron chi connectivity index (χ2n) is 10.5. The van der Waals surface area contributed by atoms with Crippen LogP contribution in [0.25, 0.3) is 12.2 Å². The number of hydrogen-bond donors (Lipinski definition) is 2. The van der Waals surface area contributed by atoms with Crippen molar-refractivity contribution < 1.29 is 28.7 Å². The summed E-state index contributed by atoms with van der Waals surface area (Å²) in [6, 6.07) is 14.4. The number of rotatable bonds is 12. The Bertz CT molecular complexity index is 1160. The Labute approximate surface area is 250 Å². The fraction of sp³-hybridized carbons (Fsp3) is 0.412. The van der Waals surface area contributed by atoms with Crippen molar-refractivity contribution in [3.05, 3.63) is 81.9 Å². The van der Waals surface area contributed by atoms with Gasteiger partial charge in [0.25, 0.3) is 11.8 Å². The van der Waals surface area contributed by atoms with Crippen molar-refractivity contribution in [1.29, 1.82) is 0 Å². The van der Waals surface area contributed by atoms with E-state index in [0.29, 0.717) is 71.5 Å². The van der Waals surface area contributed by atoms with E-state index in [-0.39, 0.29) is 23.8 Å². The van der Waals surface area contributed by atoms with E-state index in [4.69, 9.17) is 9.47 Å². The first-order chi connectivity index (χ1) is 19.9. The maximum Gasteiger partial charge on any atom is 0.333 e. The summed E-state index contributed by atoms with van der Waals surface area (Å²) in [6.45, 7) is 16.9. The van der Waals surface area contributed by atoms with Gasteiger partial charge in [-0.3, -0.25) is 9.59 Å². The van der Waals surface area contributed by atoms with Crippen LogP contribution >= 0.6 is 0 Å². The molecule has 0 unspecified atom stereocenters. The number of nitrogens with one attached hydrogen (secondary N) is 2. The van der Waals surface area contributed by atoms with E-state index in [1.807, 2.05) is 52.0 Å². The molecule has 0 bridgehead atoms. The highest BCUT2D eigenvalue weighted by molar-refractivity contribution is 6.01. The second-order valence-corrected chi connectivity index (χ2v) is 10.5. The highest BCUT2D eigenvalue weighted by atomic mass is 16.5. The molecular weight excluding hydrogens is 532 g/mol. The number of carbonyl (C=O) groups excluding carboxylic acids is 4. The lowest BCUT2D eigenvalue weighted by atomic mass is 10.0. The smallest absolute Gasteiger partial charge is 0.333 e. The van der Waals surface area contributed by atoms with Gasteiger partial charge in [-0.2, -0.15) is 0 Å². The van der Waals surface area contributed by atoms with Gasteiger partial charge in [-0.1, -0.05) is 64.1 Å². The molecule has 8 heteroatoms. The third-order valence-electron chi connectivity index (χ3n) is 5.69. The molecule has 228 valence electrons. The predicted molar refractivity (Wildman–Crippen MR) is 168 cm³/mol. The SMILES string of the molecule is CCOC(=O)C(C)=Cc1ccccc1C(=O)NCC(C)C.CCOC(=O)C(C)=Cc1ccccc1C(=O)NCC(C)C. The fourth-order valence-corrected chi connectivity index (χ4v) is 3.52. The lowest BCUT2D eigenvalue weighted by Crippen LogP contribution is -2.27. The average Bonchev–Trinajstić information content (AvgIpc) is 2.95. The van der Waals surface area contributed by atoms with Gasteiger partial charge in [0.15, 0.2) is 0 Å². The lowest BCUT2D eigenvalue weighted by molar-refractivity contribution is -0.139. The molecule has 0 fully saturated rings. The summed E-state index contributed by atoms with van der Waals surface area (Å²) < 4.78 is 9.89. The molecule has 0 atom stereocenters. The van der Waals surface area contributed by atoms with Crippen LogP contribution in [-0.2, 0) is 19.1 Å². The first-order valence-electron chi connectivity index (χ1n) is 14.4. The van der Waals surface area contributed by atoms with E-state index in [2.05, 4.69) is 10.6 Å². The van der Waals surface area contributed by atoms with Crippen LogP contribution in [0.5, 0.6) is 0 Å². The molecule has 2 amide bonds. The quantitative estimate of drug-likeness (QED) is 0.233. The first kappa shape index (κ1) is 35.8. The fourth-order valence-electron chi connectivity index (χ4n) is 3.52. The van der Waals surface area contributed by atoms with Crippen molar-refractivity contribution >= 4 is 35.9 Å². The van der Waals surface area contributed by atoms with Gasteiger partial charge in [0, 0.05) is 35.4 Å². The Morgan fingerprint density at radius 3 is 1.29 bits per heavy atom. The monoisotopic (exact) mass is 578 g/mol. The van der Waals surface area contributed by atoms with Gasteiger partial charge in [0.2, 0.25) is 0 Å². The van der Waals surface area contributed by atoms with E-state index in [1.165, 1.54) is 0 Å². The highest BCUT2D eigenvalue weighted by Crippen LogP contribution is 2.15. The molecule has 2 aromatic carbocycles. The number of amides is 2. The summed E-state index contributed by atoms with van der Waals surface area (Å²) in [5.41, 5.74) is 3.49. The molecular formula is C34H46N2O6. The van der Waals surface area contributed by atoms with Crippen LogP contribution in [0, 0.1) is 11.8 Å². The number of carbonyl (C=O) groups is 4. The zero-order valence-corrected chi connectivity index (χ0v) is 26.2. The summed E-state index contributed by atoms with van der Waals surface area (Å²) in [4.78, 5) is 47.7. The molecule has 0 saturated heterocycles. The first-order valence-corrected chi connectivity index (χ1v) is 14.4. The van der Waals surface area contributed by atoms with Gasteiger partial charge in [0.05, 0.1) is 13.2 Å². The Morgan fingerprint density at radius 2 is 0.976 bits per heavy atom. The van der Waals surface area contributed by atoms with Crippen molar-refractivity contribution in [2.45, 2.75) is 55.4 Å². The van der Waals surface area contributed by atoms with Crippen LogP contribution in [0.1, 0.15) is 87.2 Å². The molecule has 2 aromatic rings. The van der Waals surface area contributed by atoms with Crippen molar-refractivity contribution in [3.8, 4) is 0 Å². The molecule has 8 nitrogen and oxygen atoms in total. The molecule has 42 heavy (non-hydrogen) atoms. The van der Waals surface area contributed by atoms with Crippen molar-refractivity contribution in [2.75, 3.05) is 26.3 Å². The van der Waals surface area contributed by atoms with Gasteiger partial charge >= 0.3 is 11.9 Å². The zero-order chi connectivity index (χ0) is 31.7. The third-order valence-corrected chi connectivity index (χ3v) is 5.69. The van der Waals surface area contributed by atoms with Gasteiger partial charge in [0.1, 0.15) is 0 Å². The lowest BCUT2D eigenvalue weighted by Gasteiger charge is -2.10. The summed E-state index contributed by atoms with van der Waals surface area (Å²) >= 11 is 0. The van der Waals surface area contributed by atoms with Gasteiger partial charge < -0.3 is 20.1 Å². The molecule has 0 aliphatic heterocycles. The molecule has 0 aliphatic carbocycles. The summed E-state index contributed by atoms with van der Waals surface area (Å²) in [7, 11) is 0. The second kappa shape index (κ2) is 19.0. The highest BCUT2D eigenvalue weighted by Gasteiger charge is 2.13. The molecule has 0 spiro atoms. The number of benzene rings is 2. The minimum atomic E-state index is -0.366. The molecule has 2 N–H and O–H groups in total. The normalized spacial score (nSPS) is 11.4. The maximum absolute atomic E-state index is 12.2. The van der Waals surface area contributed by atoms with Crippen LogP contribution in [-0.4, -0.2) is 50.1 Å². The molecule has 0 heterocycles. The van der Waals surface area contributed by atoms with E-state index < -0.39 is 0 Å². The van der Waals surface area contributed by atoms with Crippen LogP contribution in [0.4, 0.5) is 0 Å². The van der Waals surface area contributed by atoms with E-state index in [0.717, 1.165) is 0 Å². The van der Waals surface area contributed by atoms with E-state index >= 15 is 0 Å². The Morgan fingerprint density at radius 1 is 0.643 bits per heavy atom. The summed E-state index contributed by atoms with van der Waals surface area (Å²) in [5, 5.41) is 5.76. The zero-order valence-electron chi connectivity index (χ0n) is 26.2.